The third-order valence-corrected chi connectivity index (χ3v) is 4.63. The molecule has 0 bridgehead atoms. The Labute approximate surface area is 170 Å². The normalized spacial score (nSPS) is 15.1. The number of likely N-dealkylation sites (tertiary alicyclic amines) is 1. The zero-order valence-electron chi connectivity index (χ0n) is 16.8. The number of carbonyl (C=O) groups is 3. The minimum atomic E-state index is -0.515. The highest BCUT2D eigenvalue weighted by molar-refractivity contribution is 6.33. The van der Waals surface area contributed by atoms with Gasteiger partial charge < -0.3 is 20.3 Å². The molecule has 1 heterocycles. The van der Waals surface area contributed by atoms with Crippen LogP contribution in [0.15, 0.2) is 18.2 Å². The van der Waals surface area contributed by atoms with Crippen LogP contribution in [0, 0.1) is 5.92 Å². The van der Waals surface area contributed by atoms with Gasteiger partial charge in [0.05, 0.1) is 10.7 Å². The van der Waals surface area contributed by atoms with Gasteiger partial charge in [0.2, 0.25) is 11.8 Å². The van der Waals surface area contributed by atoms with E-state index in [4.69, 9.17) is 16.3 Å². The molecule has 7 nitrogen and oxygen atoms in total. The van der Waals surface area contributed by atoms with Crippen molar-refractivity contribution in [3.05, 3.63) is 23.2 Å². The second-order valence-electron chi connectivity index (χ2n) is 8.04. The minimum absolute atomic E-state index is 0.141. The van der Waals surface area contributed by atoms with Crippen molar-refractivity contribution in [3.8, 4) is 0 Å². The van der Waals surface area contributed by atoms with Crippen molar-refractivity contribution < 1.29 is 19.1 Å². The van der Waals surface area contributed by atoms with Gasteiger partial charge in [-0.3, -0.25) is 9.59 Å². The van der Waals surface area contributed by atoms with Crippen LogP contribution in [-0.4, -0.2) is 41.5 Å². The number of nitrogens with zero attached hydrogens (tertiary/aromatic N) is 1. The van der Waals surface area contributed by atoms with Crippen LogP contribution in [0.1, 0.15) is 47.0 Å². The first-order valence-corrected chi connectivity index (χ1v) is 9.76. The van der Waals surface area contributed by atoms with Crippen molar-refractivity contribution in [2.45, 2.75) is 52.6 Å². The van der Waals surface area contributed by atoms with Crippen LogP contribution in [-0.2, 0) is 14.3 Å². The molecule has 1 aliphatic heterocycles. The van der Waals surface area contributed by atoms with E-state index in [0.29, 0.717) is 35.9 Å². The SMILES string of the molecule is CC(=O)Nc1ccc(Cl)c(NC(=O)CC2CCN(C(=O)OC(C)(C)C)CC2)c1. The van der Waals surface area contributed by atoms with Gasteiger partial charge in [-0.05, 0) is 57.7 Å². The van der Waals surface area contributed by atoms with E-state index < -0.39 is 5.60 Å². The quantitative estimate of drug-likeness (QED) is 0.777. The predicted octanol–water partition coefficient (Wildman–Crippen LogP) is 4.27. The first kappa shape index (κ1) is 22.0. The molecule has 0 unspecified atom stereocenters. The molecule has 1 aromatic carbocycles. The number of piperidine rings is 1. The Morgan fingerprint density at radius 1 is 1.18 bits per heavy atom. The Balaban J connectivity index is 1.85. The number of rotatable bonds is 4. The van der Waals surface area contributed by atoms with Crippen LogP contribution in [0.5, 0.6) is 0 Å². The molecule has 0 aromatic heterocycles. The molecule has 1 aromatic rings. The summed E-state index contributed by atoms with van der Waals surface area (Å²) >= 11 is 6.14. The second-order valence-corrected chi connectivity index (χ2v) is 8.45. The summed E-state index contributed by atoms with van der Waals surface area (Å²) in [6, 6.07) is 4.93. The lowest BCUT2D eigenvalue weighted by atomic mass is 9.93. The van der Waals surface area contributed by atoms with Crippen molar-refractivity contribution in [1.82, 2.24) is 4.90 Å². The topological polar surface area (TPSA) is 87.7 Å². The monoisotopic (exact) mass is 409 g/mol. The van der Waals surface area contributed by atoms with E-state index in [0.717, 1.165) is 12.8 Å². The molecule has 8 heteroatoms. The molecule has 0 aliphatic carbocycles. The van der Waals surface area contributed by atoms with Gasteiger partial charge in [0.15, 0.2) is 0 Å². The molecule has 0 atom stereocenters. The number of carbonyl (C=O) groups excluding carboxylic acids is 3. The van der Waals surface area contributed by atoms with Crippen LogP contribution in [0.3, 0.4) is 0 Å². The van der Waals surface area contributed by atoms with Gasteiger partial charge in [0, 0.05) is 32.1 Å². The second kappa shape index (κ2) is 9.28. The van der Waals surface area contributed by atoms with Crippen molar-refractivity contribution >= 4 is 40.9 Å². The molecule has 0 spiro atoms. The fourth-order valence-corrected chi connectivity index (χ4v) is 3.18. The number of benzene rings is 1. The van der Waals surface area contributed by atoms with E-state index in [2.05, 4.69) is 10.6 Å². The van der Waals surface area contributed by atoms with Crippen LogP contribution in [0.25, 0.3) is 0 Å². The van der Waals surface area contributed by atoms with E-state index in [-0.39, 0.29) is 23.8 Å². The molecule has 1 fully saturated rings. The number of halogens is 1. The smallest absolute Gasteiger partial charge is 0.410 e. The van der Waals surface area contributed by atoms with E-state index >= 15 is 0 Å². The van der Waals surface area contributed by atoms with Gasteiger partial charge in [0.1, 0.15) is 5.60 Å². The summed E-state index contributed by atoms with van der Waals surface area (Å²) in [6.45, 7) is 8.09. The summed E-state index contributed by atoms with van der Waals surface area (Å²) in [5.74, 6) is -0.148. The van der Waals surface area contributed by atoms with Crippen LogP contribution < -0.4 is 10.6 Å². The van der Waals surface area contributed by atoms with E-state index in [1.807, 2.05) is 20.8 Å². The van der Waals surface area contributed by atoms with Gasteiger partial charge in [0.25, 0.3) is 0 Å². The van der Waals surface area contributed by atoms with E-state index in [1.54, 1.807) is 23.1 Å². The van der Waals surface area contributed by atoms with Crippen molar-refractivity contribution in [1.29, 1.82) is 0 Å². The maximum Gasteiger partial charge on any atom is 0.410 e. The van der Waals surface area contributed by atoms with E-state index in [1.165, 1.54) is 6.92 Å². The number of nitrogens with one attached hydrogen (secondary N) is 2. The molecule has 1 saturated heterocycles. The molecule has 2 rings (SSSR count). The Hall–Kier alpha value is -2.28. The van der Waals surface area contributed by atoms with Crippen LogP contribution in [0.2, 0.25) is 5.02 Å². The van der Waals surface area contributed by atoms with Crippen LogP contribution >= 0.6 is 11.6 Å². The standard InChI is InChI=1S/C20H28ClN3O4/c1-13(25)22-15-5-6-16(21)17(12-15)23-18(26)11-14-7-9-24(10-8-14)19(27)28-20(2,3)4/h5-6,12,14H,7-11H2,1-4H3,(H,22,25)(H,23,26). The lowest BCUT2D eigenvalue weighted by molar-refractivity contribution is -0.117. The maximum atomic E-state index is 12.4. The fraction of sp³-hybridized carbons (Fsp3) is 0.550. The molecule has 154 valence electrons. The molecule has 3 amide bonds. The molecular formula is C20H28ClN3O4. The van der Waals surface area contributed by atoms with Gasteiger partial charge in [-0.15, -0.1) is 0 Å². The number of amides is 3. The van der Waals surface area contributed by atoms with Crippen molar-refractivity contribution in [2.75, 3.05) is 23.7 Å². The number of hydrogen-bond donors (Lipinski definition) is 2. The van der Waals surface area contributed by atoms with Gasteiger partial charge in [-0.25, -0.2) is 4.79 Å². The predicted molar refractivity (Wildman–Crippen MR) is 110 cm³/mol. The summed E-state index contributed by atoms with van der Waals surface area (Å²) in [7, 11) is 0. The Morgan fingerprint density at radius 3 is 2.39 bits per heavy atom. The Kier molecular flexibility index (Phi) is 7.29. The molecular weight excluding hydrogens is 382 g/mol. The highest BCUT2D eigenvalue weighted by Crippen LogP contribution is 2.27. The first-order valence-electron chi connectivity index (χ1n) is 9.38. The number of ether oxygens (including phenoxy) is 1. The largest absolute Gasteiger partial charge is 0.444 e. The highest BCUT2D eigenvalue weighted by atomic mass is 35.5. The summed E-state index contributed by atoms with van der Waals surface area (Å²) < 4.78 is 5.39. The summed E-state index contributed by atoms with van der Waals surface area (Å²) in [6.07, 6.45) is 1.53. The van der Waals surface area contributed by atoms with Gasteiger partial charge in [-0.1, -0.05) is 11.6 Å². The minimum Gasteiger partial charge on any atom is -0.444 e. The first-order chi connectivity index (χ1) is 13.0. The average molecular weight is 410 g/mol. The van der Waals surface area contributed by atoms with Crippen molar-refractivity contribution in [2.24, 2.45) is 5.92 Å². The van der Waals surface area contributed by atoms with Crippen molar-refractivity contribution in [3.63, 3.8) is 0 Å². The number of anilines is 2. The Morgan fingerprint density at radius 2 is 1.82 bits per heavy atom. The molecule has 0 radical (unpaired) electrons. The Bertz CT molecular complexity index is 737. The zero-order valence-corrected chi connectivity index (χ0v) is 17.6. The van der Waals surface area contributed by atoms with Crippen LogP contribution in [0.4, 0.5) is 16.2 Å². The third-order valence-electron chi connectivity index (χ3n) is 4.30. The fourth-order valence-electron chi connectivity index (χ4n) is 3.01. The van der Waals surface area contributed by atoms with Gasteiger partial charge in [-0.2, -0.15) is 0 Å². The summed E-state index contributed by atoms with van der Waals surface area (Å²) in [5, 5.41) is 5.87. The lowest BCUT2D eigenvalue weighted by Gasteiger charge is -2.33. The third kappa shape index (κ3) is 7.03. The lowest BCUT2D eigenvalue weighted by Crippen LogP contribution is -2.42. The van der Waals surface area contributed by atoms with E-state index in [9.17, 15) is 14.4 Å². The molecule has 0 saturated carbocycles. The van der Waals surface area contributed by atoms with Gasteiger partial charge >= 0.3 is 6.09 Å². The summed E-state index contributed by atoms with van der Waals surface area (Å²) in [5.41, 5.74) is 0.515. The highest BCUT2D eigenvalue weighted by Gasteiger charge is 2.27. The summed E-state index contributed by atoms with van der Waals surface area (Å²) in [4.78, 5) is 37.4. The molecule has 2 N–H and O–H groups in total. The molecule has 1 aliphatic rings. The zero-order chi connectivity index (χ0) is 20.9. The number of hydrogen-bond acceptors (Lipinski definition) is 4. The average Bonchev–Trinajstić information content (AvgIpc) is 2.56. The molecule has 28 heavy (non-hydrogen) atoms. The maximum absolute atomic E-state index is 12.4.